The summed E-state index contributed by atoms with van der Waals surface area (Å²) >= 11 is 0. The van der Waals surface area contributed by atoms with Crippen LogP contribution in [0.4, 0.5) is 13.2 Å². The molecular weight excluding hydrogens is 331 g/mol. The molecular formula is C18H14F3N3O. The van der Waals surface area contributed by atoms with Crippen LogP contribution in [0.1, 0.15) is 27.8 Å². The number of amides is 1. The highest BCUT2D eigenvalue weighted by molar-refractivity contribution is 5.94. The normalized spacial score (nSPS) is 12.0. The van der Waals surface area contributed by atoms with Crippen molar-refractivity contribution in [2.45, 2.75) is 6.04 Å². The van der Waals surface area contributed by atoms with E-state index in [-0.39, 0.29) is 5.56 Å². The van der Waals surface area contributed by atoms with Gasteiger partial charge in [-0.15, -0.1) is 0 Å². The molecule has 1 amide bonds. The summed E-state index contributed by atoms with van der Waals surface area (Å²) in [6, 6.07) is 7.45. The maximum Gasteiger partial charge on any atom is 0.252 e. The van der Waals surface area contributed by atoms with E-state index >= 15 is 0 Å². The molecule has 128 valence electrons. The van der Waals surface area contributed by atoms with Gasteiger partial charge in [-0.1, -0.05) is 12.1 Å². The summed E-state index contributed by atoms with van der Waals surface area (Å²) in [6.07, 6.45) is 3.21. The van der Waals surface area contributed by atoms with E-state index in [2.05, 4.69) is 10.3 Å². The Morgan fingerprint density at radius 3 is 2.40 bits per heavy atom. The Bertz CT molecular complexity index is 903. The first-order valence-electron chi connectivity index (χ1n) is 7.43. The number of carbonyl (C=O) groups is 1. The van der Waals surface area contributed by atoms with Gasteiger partial charge in [0.05, 0.1) is 0 Å². The molecule has 0 radical (unpaired) electrons. The minimum absolute atomic E-state index is 0.173. The molecule has 4 nitrogen and oxygen atoms in total. The van der Waals surface area contributed by atoms with Gasteiger partial charge < -0.3 is 9.88 Å². The summed E-state index contributed by atoms with van der Waals surface area (Å²) < 4.78 is 42.0. The van der Waals surface area contributed by atoms with Gasteiger partial charge in [-0.05, 0) is 29.8 Å². The van der Waals surface area contributed by atoms with Crippen LogP contribution in [0.25, 0.3) is 0 Å². The van der Waals surface area contributed by atoms with Crippen LogP contribution in [0.3, 0.4) is 0 Å². The van der Waals surface area contributed by atoms with Crippen LogP contribution < -0.4 is 5.32 Å². The van der Waals surface area contributed by atoms with Gasteiger partial charge in [-0.3, -0.25) is 4.79 Å². The average molecular weight is 345 g/mol. The van der Waals surface area contributed by atoms with Gasteiger partial charge in [-0.25, -0.2) is 18.2 Å². The van der Waals surface area contributed by atoms with Crippen molar-refractivity contribution in [3.05, 3.63) is 89.3 Å². The highest BCUT2D eigenvalue weighted by atomic mass is 19.1. The first kappa shape index (κ1) is 16.8. The number of nitrogens with zero attached hydrogens (tertiary/aromatic N) is 2. The lowest BCUT2D eigenvalue weighted by molar-refractivity contribution is 0.0940. The highest BCUT2D eigenvalue weighted by Crippen LogP contribution is 2.22. The first-order valence-corrected chi connectivity index (χ1v) is 7.43. The molecule has 3 aromatic rings. The molecule has 7 heteroatoms. The Morgan fingerprint density at radius 2 is 1.80 bits per heavy atom. The minimum atomic E-state index is -0.857. The Morgan fingerprint density at radius 1 is 1.08 bits per heavy atom. The number of rotatable bonds is 4. The topological polar surface area (TPSA) is 46.9 Å². The van der Waals surface area contributed by atoms with E-state index < -0.39 is 29.4 Å². The standard InChI is InChI=1S/C18H14F3N3O/c1-24-6-5-22-17(24)16(11-3-2-4-13(19)7-11)23-18(25)12-8-14(20)10-15(21)9-12/h2-10,16H,1H3,(H,23,25)/t16-/m0/s1. The summed E-state index contributed by atoms with van der Waals surface area (Å²) in [5.74, 6) is -2.43. The molecule has 0 unspecified atom stereocenters. The smallest absolute Gasteiger partial charge is 0.252 e. The van der Waals surface area contributed by atoms with Gasteiger partial charge in [0, 0.05) is 31.1 Å². The van der Waals surface area contributed by atoms with Crippen LogP contribution in [0.5, 0.6) is 0 Å². The third-order valence-corrected chi connectivity index (χ3v) is 3.70. The molecule has 2 aromatic carbocycles. The van der Waals surface area contributed by atoms with Crippen molar-refractivity contribution in [2.75, 3.05) is 0 Å². The maximum atomic E-state index is 13.6. The van der Waals surface area contributed by atoms with Crippen LogP contribution in [0.2, 0.25) is 0 Å². The van der Waals surface area contributed by atoms with Gasteiger partial charge in [-0.2, -0.15) is 0 Å². The molecule has 0 bridgehead atoms. The fourth-order valence-electron chi connectivity index (χ4n) is 2.54. The van der Waals surface area contributed by atoms with Crippen LogP contribution in [-0.2, 0) is 7.05 Å². The zero-order valence-corrected chi connectivity index (χ0v) is 13.2. The third kappa shape index (κ3) is 3.71. The Balaban J connectivity index is 1.98. The maximum absolute atomic E-state index is 13.6. The van der Waals surface area contributed by atoms with Crippen molar-refractivity contribution < 1.29 is 18.0 Å². The summed E-state index contributed by atoms with van der Waals surface area (Å²) in [5.41, 5.74) is 0.285. The number of imidazole rings is 1. The van der Waals surface area contributed by atoms with Crippen LogP contribution in [0.15, 0.2) is 54.9 Å². The van der Waals surface area contributed by atoms with Crippen molar-refractivity contribution in [3.8, 4) is 0 Å². The first-order chi connectivity index (χ1) is 11.9. The number of hydrogen-bond donors (Lipinski definition) is 1. The summed E-state index contributed by atoms with van der Waals surface area (Å²) in [4.78, 5) is 16.6. The number of carbonyl (C=O) groups excluding carboxylic acids is 1. The number of aromatic nitrogens is 2. The lowest BCUT2D eigenvalue weighted by atomic mass is 10.0. The van der Waals surface area contributed by atoms with E-state index in [1.54, 1.807) is 23.9 Å². The molecule has 3 rings (SSSR count). The predicted molar refractivity (Wildman–Crippen MR) is 85.3 cm³/mol. The quantitative estimate of drug-likeness (QED) is 0.788. The number of benzene rings is 2. The molecule has 1 N–H and O–H groups in total. The molecule has 0 aliphatic carbocycles. The largest absolute Gasteiger partial charge is 0.338 e. The van der Waals surface area contributed by atoms with E-state index in [4.69, 9.17) is 0 Å². The molecule has 0 aliphatic heterocycles. The van der Waals surface area contributed by atoms with Crippen molar-refractivity contribution in [3.63, 3.8) is 0 Å². The fourth-order valence-corrected chi connectivity index (χ4v) is 2.54. The zero-order chi connectivity index (χ0) is 18.0. The zero-order valence-electron chi connectivity index (χ0n) is 13.2. The lowest BCUT2D eigenvalue weighted by Gasteiger charge is -2.19. The van der Waals surface area contributed by atoms with E-state index in [9.17, 15) is 18.0 Å². The second-order valence-electron chi connectivity index (χ2n) is 5.52. The molecule has 0 saturated carbocycles. The van der Waals surface area contributed by atoms with Gasteiger partial charge in [0.25, 0.3) is 5.91 Å². The number of nitrogens with one attached hydrogen (secondary N) is 1. The molecule has 0 fully saturated rings. The van der Waals surface area contributed by atoms with E-state index in [1.807, 2.05) is 0 Å². The van der Waals surface area contributed by atoms with Crippen LogP contribution >= 0.6 is 0 Å². The Hall–Kier alpha value is -3.09. The summed E-state index contributed by atoms with van der Waals surface area (Å²) in [6.45, 7) is 0. The SMILES string of the molecule is Cn1ccnc1[C@@H](NC(=O)c1cc(F)cc(F)c1)c1cccc(F)c1. The van der Waals surface area contributed by atoms with Gasteiger partial charge in [0.2, 0.25) is 0 Å². The third-order valence-electron chi connectivity index (χ3n) is 3.70. The molecule has 0 spiro atoms. The van der Waals surface area contributed by atoms with E-state index in [0.29, 0.717) is 17.5 Å². The molecule has 1 aromatic heterocycles. The molecule has 0 aliphatic rings. The second kappa shape index (κ2) is 6.80. The van der Waals surface area contributed by atoms with Gasteiger partial charge in [0.1, 0.15) is 29.3 Å². The second-order valence-corrected chi connectivity index (χ2v) is 5.52. The van der Waals surface area contributed by atoms with E-state index in [1.165, 1.54) is 24.4 Å². The molecule has 0 saturated heterocycles. The minimum Gasteiger partial charge on any atom is -0.338 e. The number of hydrogen-bond acceptors (Lipinski definition) is 2. The molecule has 1 heterocycles. The Kier molecular flexibility index (Phi) is 4.56. The molecule has 1 atom stereocenters. The Labute approximate surface area is 141 Å². The van der Waals surface area contributed by atoms with Crippen molar-refractivity contribution in [2.24, 2.45) is 7.05 Å². The van der Waals surface area contributed by atoms with Crippen molar-refractivity contribution in [1.82, 2.24) is 14.9 Å². The van der Waals surface area contributed by atoms with Crippen LogP contribution in [0, 0.1) is 17.5 Å². The van der Waals surface area contributed by atoms with Gasteiger partial charge >= 0.3 is 0 Å². The number of aryl methyl sites for hydroxylation is 1. The van der Waals surface area contributed by atoms with E-state index in [0.717, 1.165) is 12.1 Å². The highest BCUT2D eigenvalue weighted by Gasteiger charge is 2.22. The predicted octanol–water partition coefficient (Wildman–Crippen LogP) is 3.36. The van der Waals surface area contributed by atoms with Crippen molar-refractivity contribution >= 4 is 5.91 Å². The molecule has 25 heavy (non-hydrogen) atoms. The average Bonchev–Trinajstić information content (AvgIpc) is 2.97. The summed E-state index contributed by atoms with van der Waals surface area (Å²) in [7, 11) is 1.72. The summed E-state index contributed by atoms with van der Waals surface area (Å²) in [5, 5.41) is 2.65. The van der Waals surface area contributed by atoms with Crippen LogP contribution in [-0.4, -0.2) is 15.5 Å². The van der Waals surface area contributed by atoms with Crippen molar-refractivity contribution in [1.29, 1.82) is 0 Å². The monoisotopic (exact) mass is 345 g/mol. The van der Waals surface area contributed by atoms with Gasteiger partial charge in [0.15, 0.2) is 0 Å². The lowest BCUT2D eigenvalue weighted by Crippen LogP contribution is -2.31. The fraction of sp³-hybridized carbons (Fsp3) is 0.111. The number of halogens is 3.